The van der Waals surface area contributed by atoms with E-state index in [0.717, 1.165) is 5.56 Å². The van der Waals surface area contributed by atoms with Crippen molar-refractivity contribution in [1.82, 2.24) is 9.97 Å². The van der Waals surface area contributed by atoms with Crippen LogP contribution in [0.1, 0.15) is 37.9 Å². The molecule has 144 valence electrons. The van der Waals surface area contributed by atoms with E-state index in [-0.39, 0.29) is 6.04 Å². The molecular weight excluding hydrogens is 344 g/mol. The summed E-state index contributed by atoms with van der Waals surface area (Å²) in [5.74, 6) is 0.236. The molecule has 1 fully saturated rings. The zero-order valence-corrected chi connectivity index (χ0v) is 16.0. The minimum atomic E-state index is -1.09. The maximum Gasteiger partial charge on any atom is 0.313 e. The predicted octanol–water partition coefficient (Wildman–Crippen LogP) is 2.85. The molecule has 0 aliphatic carbocycles. The lowest BCUT2D eigenvalue weighted by molar-refractivity contribution is -0.142. The van der Waals surface area contributed by atoms with Gasteiger partial charge in [0.1, 0.15) is 5.82 Å². The Bertz CT molecular complexity index is 789. The minimum absolute atomic E-state index is 0.0297. The first-order chi connectivity index (χ1) is 12.9. The Labute approximate surface area is 159 Å². The summed E-state index contributed by atoms with van der Waals surface area (Å²) in [5, 5.41) is 13.0. The second-order valence-corrected chi connectivity index (χ2v) is 7.24. The monoisotopic (exact) mass is 370 g/mol. The van der Waals surface area contributed by atoms with Crippen molar-refractivity contribution in [2.24, 2.45) is 0 Å². The Balaban J connectivity index is 1.94. The third-order valence-electron chi connectivity index (χ3n) is 4.93. The van der Waals surface area contributed by atoms with Gasteiger partial charge in [0.25, 0.3) is 0 Å². The maximum absolute atomic E-state index is 11.8. The van der Waals surface area contributed by atoms with Crippen LogP contribution in [0.15, 0.2) is 36.5 Å². The Morgan fingerprint density at radius 2 is 1.93 bits per heavy atom. The largest absolute Gasteiger partial charge is 0.481 e. The Kier molecular flexibility index (Phi) is 5.60. The van der Waals surface area contributed by atoms with Gasteiger partial charge in [-0.2, -0.15) is 4.98 Å². The van der Waals surface area contributed by atoms with Crippen LogP contribution in [0.3, 0.4) is 0 Å². The van der Waals surface area contributed by atoms with E-state index >= 15 is 0 Å². The zero-order valence-electron chi connectivity index (χ0n) is 16.0. The highest BCUT2D eigenvalue weighted by atomic mass is 16.5. The number of carboxylic acids is 1. The van der Waals surface area contributed by atoms with E-state index in [4.69, 9.17) is 9.72 Å². The molecule has 2 aromatic rings. The lowest BCUT2D eigenvalue weighted by atomic mass is 9.85. The molecule has 27 heavy (non-hydrogen) atoms. The molecule has 0 amide bonds. The van der Waals surface area contributed by atoms with Crippen molar-refractivity contribution in [3.63, 3.8) is 0 Å². The first-order valence-electron chi connectivity index (χ1n) is 9.14. The van der Waals surface area contributed by atoms with Crippen LogP contribution in [-0.4, -0.2) is 47.3 Å². The molecule has 3 rings (SSSR count). The second-order valence-electron chi connectivity index (χ2n) is 7.24. The number of anilines is 2. The quantitative estimate of drug-likeness (QED) is 0.808. The fourth-order valence-corrected chi connectivity index (χ4v) is 3.03. The van der Waals surface area contributed by atoms with Crippen molar-refractivity contribution in [2.75, 3.05) is 36.5 Å². The first-order valence-corrected chi connectivity index (χ1v) is 9.14. The van der Waals surface area contributed by atoms with E-state index in [2.05, 4.69) is 15.2 Å². The summed E-state index contributed by atoms with van der Waals surface area (Å²) in [5.41, 5.74) is 0.649. The molecule has 2 N–H and O–H groups in total. The van der Waals surface area contributed by atoms with Crippen LogP contribution in [-0.2, 0) is 14.9 Å². The predicted molar refractivity (Wildman–Crippen MR) is 104 cm³/mol. The van der Waals surface area contributed by atoms with E-state index in [1.54, 1.807) is 20.0 Å². The van der Waals surface area contributed by atoms with E-state index in [1.165, 1.54) is 0 Å². The number of aliphatic carboxylic acids is 1. The lowest BCUT2D eigenvalue weighted by Gasteiger charge is -2.32. The van der Waals surface area contributed by atoms with Crippen molar-refractivity contribution in [3.05, 3.63) is 47.7 Å². The molecule has 2 heterocycles. The number of benzene rings is 1. The zero-order chi connectivity index (χ0) is 19.4. The molecule has 1 aromatic heterocycles. The summed E-state index contributed by atoms with van der Waals surface area (Å²) in [6.45, 7) is 7.94. The molecule has 0 spiro atoms. The first kappa shape index (κ1) is 19.1. The number of morpholine rings is 1. The van der Waals surface area contributed by atoms with Crippen molar-refractivity contribution in [3.8, 4) is 0 Å². The molecule has 1 aromatic carbocycles. The van der Waals surface area contributed by atoms with Gasteiger partial charge in [-0.3, -0.25) is 4.79 Å². The highest BCUT2D eigenvalue weighted by molar-refractivity contribution is 5.82. The van der Waals surface area contributed by atoms with Crippen LogP contribution in [0.4, 0.5) is 11.8 Å². The molecule has 7 heteroatoms. The van der Waals surface area contributed by atoms with Crippen molar-refractivity contribution in [1.29, 1.82) is 0 Å². The molecule has 1 aliphatic rings. The van der Waals surface area contributed by atoms with Crippen molar-refractivity contribution < 1.29 is 14.6 Å². The molecule has 1 aliphatic heterocycles. The molecule has 0 saturated carbocycles. The molecule has 0 bridgehead atoms. The van der Waals surface area contributed by atoms with Gasteiger partial charge in [0.05, 0.1) is 24.7 Å². The minimum Gasteiger partial charge on any atom is -0.481 e. The van der Waals surface area contributed by atoms with E-state index in [0.29, 0.717) is 43.6 Å². The van der Waals surface area contributed by atoms with E-state index in [9.17, 15) is 9.90 Å². The van der Waals surface area contributed by atoms with Gasteiger partial charge in [0.15, 0.2) is 0 Å². The van der Waals surface area contributed by atoms with Gasteiger partial charge in [-0.1, -0.05) is 30.3 Å². The number of carbonyl (C=O) groups is 1. The van der Waals surface area contributed by atoms with Crippen LogP contribution in [0.2, 0.25) is 0 Å². The third-order valence-corrected chi connectivity index (χ3v) is 4.93. The molecule has 0 radical (unpaired) electrons. The Morgan fingerprint density at radius 1 is 1.26 bits per heavy atom. The van der Waals surface area contributed by atoms with Crippen LogP contribution < -0.4 is 10.2 Å². The molecular formula is C20H26N4O3. The number of hydrogen-bond donors (Lipinski definition) is 2. The Hall–Kier alpha value is -2.67. The summed E-state index contributed by atoms with van der Waals surface area (Å²) < 4.78 is 5.43. The van der Waals surface area contributed by atoms with Crippen LogP contribution in [0.5, 0.6) is 0 Å². The number of nitrogens with one attached hydrogen (secondary N) is 1. The molecule has 1 atom stereocenters. The lowest BCUT2D eigenvalue weighted by Crippen LogP contribution is -2.40. The van der Waals surface area contributed by atoms with Crippen molar-refractivity contribution in [2.45, 2.75) is 32.2 Å². The number of rotatable bonds is 6. The average molecular weight is 370 g/mol. The topological polar surface area (TPSA) is 87.6 Å². The van der Waals surface area contributed by atoms with Gasteiger partial charge in [-0.25, -0.2) is 4.98 Å². The standard InChI is InChI=1S/C20H26N4O3/c1-14(15-7-5-4-6-8-15)22-19-21-13-16(20(2,3)18(25)26)17(23-19)24-9-11-27-12-10-24/h4-8,13-14H,9-12H2,1-3H3,(H,25,26)(H,21,22,23)/t14-/m0/s1. The van der Waals surface area contributed by atoms with Gasteiger partial charge < -0.3 is 20.1 Å². The number of aromatic nitrogens is 2. The van der Waals surface area contributed by atoms with Gasteiger partial charge in [-0.15, -0.1) is 0 Å². The summed E-state index contributed by atoms with van der Waals surface area (Å²) in [4.78, 5) is 23.0. The molecule has 7 nitrogen and oxygen atoms in total. The van der Waals surface area contributed by atoms with E-state index < -0.39 is 11.4 Å². The van der Waals surface area contributed by atoms with Crippen LogP contribution in [0, 0.1) is 0 Å². The second kappa shape index (κ2) is 7.92. The van der Waals surface area contributed by atoms with Crippen molar-refractivity contribution >= 4 is 17.7 Å². The maximum atomic E-state index is 11.8. The van der Waals surface area contributed by atoms with Crippen LogP contribution in [0.25, 0.3) is 0 Å². The highest BCUT2D eigenvalue weighted by Gasteiger charge is 2.35. The third kappa shape index (κ3) is 4.19. The summed E-state index contributed by atoms with van der Waals surface area (Å²) >= 11 is 0. The molecule has 1 saturated heterocycles. The fraction of sp³-hybridized carbons (Fsp3) is 0.450. The SMILES string of the molecule is C[C@H](Nc1ncc(C(C)(C)C(=O)O)c(N2CCOCC2)n1)c1ccccc1. The van der Waals surface area contributed by atoms with Crippen LogP contribution >= 0.6 is 0 Å². The highest BCUT2D eigenvalue weighted by Crippen LogP contribution is 2.32. The average Bonchev–Trinajstić information content (AvgIpc) is 2.69. The number of hydrogen-bond acceptors (Lipinski definition) is 6. The number of nitrogens with zero attached hydrogens (tertiary/aromatic N) is 3. The number of ether oxygens (including phenoxy) is 1. The smallest absolute Gasteiger partial charge is 0.313 e. The van der Waals surface area contributed by atoms with Gasteiger partial charge >= 0.3 is 5.97 Å². The molecule has 0 unspecified atom stereocenters. The Morgan fingerprint density at radius 3 is 2.56 bits per heavy atom. The summed E-state index contributed by atoms with van der Waals surface area (Å²) in [7, 11) is 0. The van der Waals surface area contributed by atoms with Gasteiger partial charge in [-0.05, 0) is 26.3 Å². The fourth-order valence-electron chi connectivity index (χ4n) is 3.03. The summed E-state index contributed by atoms with van der Waals surface area (Å²) in [6, 6.07) is 10.1. The normalized spacial score (nSPS) is 16.0. The summed E-state index contributed by atoms with van der Waals surface area (Å²) in [6.07, 6.45) is 1.63. The number of carboxylic acid groups (broad SMARTS) is 1. The van der Waals surface area contributed by atoms with E-state index in [1.807, 2.05) is 37.3 Å². The van der Waals surface area contributed by atoms with Gasteiger partial charge in [0, 0.05) is 24.8 Å². The van der Waals surface area contributed by atoms with Gasteiger partial charge in [0.2, 0.25) is 5.95 Å².